The Hall–Kier alpha value is -1.19. The van der Waals surface area contributed by atoms with Gasteiger partial charge in [0, 0.05) is 6.42 Å². The minimum atomic E-state index is -4.03. The van der Waals surface area contributed by atoms with Gasteiger partial charge in [0.2, 0.25) is 0 Å². The van der Waals surface area contributed by atoms with Crippen molar-refractivity contribution in [2.45, 2.75) is 44.2 Å². The minimum absolute atomic E-state index is 0.210. The summed E-state index contributed by atoms with van der Waals surface area (Å²) in [6.45, 7) is 0. The van der Waals surface area contributed by atoms with Crippen molar-refractivity contribution >= 4 is 0 Å². The summed E-state index contributed by atoms with van der Waals surface area (Å²) in [4.78, 5) is 0. The van der Waals surface area contributed by atoms with Gasteiger partial charge in [0.05, 0.1) is 0 Å². The highest BCUT2D eigenvalue weighted by atomic mass is 19.4. The maximum atomic E-state index is 12.3. The predicted octanol–water partition coefficient (Wildman–Crippen LogP) is 4.62. The second kappa shape index (κ2) is 5.21. The van der Waals surface area contributed by atoms with Crippen molar-refractivity contribution < 1.29 is 18.3 Å². The van der Waals surface area contributed by atoms with E-state index in [1.165, 1.54) is 0 Å². The Bertz CT molecular complexity index is 375. The number of hydrogen-bond acceptors (Lipinski definition) is 1. The maximum Gasteiger partial charge on any atom is 0.389 e. The molecule has 0 amide bonds. The van der Waals surface area contributed by atoms with E-state index in [4.69, 9.17) is 0 Å². The summed E-state index contributed by atoms with van der Waals surface area (Å²) in [5, 5.41) is 9.20. The number of hydrogen-bond donors (Lipinski definition) is 1. The second-order valence-corrected chi connectivity index (χ2v) is 5.13. The van der Waals surface area contributed by atoms with Gasteiger partial charge in [-0.1, -0.05) is 12.1 Å². The maximum absolute atomic E-state index is 12.3. The molecule has 0 bridgehead atoms. The van der Waals surface area contributed by atoms with Crippen LogP contribution in [0.5, 0.6) is 5.75 Å². The van der Waals surface area contributed by atoms with Crippen molar-refractivity contribution in [2.24, 2.45) is 5.92 Å². The molecule has 18 heavy (non-hydrogen) atoms. The molecule has 0 saturated heterocycles. The SMILES string of the molecule is Oc1ccc(C2CCC(CC(F)(F)F)CC2)cc1. The number of phenolic OH excluding ortho intramolecular Hbond substituents is 1. The molecule has 0 aromatic heterocycles. The standard InChI is InChI=1S/C14H17F3O/c15-14(16,17)9-10-1-3-11(4-2-10)12-5-7-13(18)8-6-12/h5-8,10-11,18H,1-4,9H2. The minimum Gasteiger partial charge on any atom is -0.508 e. The summed E-state index contributed by atoms with van der Waals surface area (Å²) in [6, 6.07) is 7.00. The van der Waals surface area contributed by atoms with Crippen LogP contribution in [0.25, 0.3) is 0 Å². The third-order valence-electron chi connectivity index (χ3n) is 3.73. The van der Waals surface area contributed by atoms with Crippen LogP contribution < -0.4 is 0 Å². The molecule has 1 aromatic carbocycles. The van der Waals surface area contributed by atoms with Crippen molar-refractivity contribution in [3.8, 4) is 5.75 Å². The average molecular weight is 258 g/mol. The van der Waals surface area contributed by atoms with Gasteiger partial charge >= 0.3 is 6.18 Å². The largest absolute Gasteiger partial charge is 0.508 e. The van der Waals surface area contributed by atoms with E-state index in [0.29, 0.717) is 18.8 Å². The van der Waals surface area contributed by atoms with E-state index in [2.05, 4.69) is 0 Å². The van der Waals surface area contributed by atoms with Crippen molar-refractivity contribution in [3.63, 3.8) is 0 Å². The first-order valence-corrected chi connectivity index (χ1v) is 6.30. The first-order chi connectivity index (χ1) is 8.44. The van der Waals surface area contributed by atoms with E-state index < -0.39 is 12.6 Å². The Morgan fingerprint density at radius 1 is 1.00 bits per heavy atom. The Kier molecular flexibility index (Phi) is 3.83. The molecule has 1 saturated carbocycles. The molecule has 1 nitrogen and oxygen atoms in total. The van der Waals surface area contributed by atoms with Crippen LogP contribution in [-0.4, -0.2) is 11.3 Å². The second-order valence-electron chi connectivity index (χ2n) is 5.13. The summed E-state index contributed by atoms with van der Waals surface area (Å²) >= 11 is 0. The van der Waals surface area contributed by atoms with Crippen molar-refractivity contribution in [3.05, 3.63) is 29.8 Å². The summed E-state index contributed by atoms with van der Waals surface area (Å²) in [7, 11) is 0. The van der Waals surface area contributed by atoms with Gasteiger partial charge in [0.15, 0.2) is 0 Å². The molecule has 1 aliphatic rings. The molecule has 100 valence electrons. The van der Waals surface area contributed by atoms with Gasteiger partial charge in [-0.3, -0.25) is 0 Å². The number of aromatic hydroxyl groups is 1. The molecule has 1 aliphatic carbocycles. The molecule has 1 fully saturated rings. The fourth-order valence-corrected chi connectivity index (χ4v) is 2.77. The lowest BCUT2D eigenvalue weighted by atomic mass is 9.77. The predicted molar refractivity (Wildman–Crippen MR) is 63.5 cm³/mol. The first-order valence-electron chi connectivity index (χ1n) is 6.30. The van der Waals surface area contributed by atoms with Crippen LogP contribution in [0.2, 0.25) is 0 Å². The fourth-order valence-electron chi connectivity index (χ4n) is 2.77. The van der Waals surface area contributed by atoms with Crippen LogP contribution in [0.4, 0.5) is 13.2 Å². The Morgan fingerprint density at radius 3 is 2.06 bits per heavy atom. The molecule has 0 unspecified atom stereocenters. The molecule has 0 radical (unpaired) electrons. The summed E-state index contributed by atoms with van der Waals surface area (Å²) in [6.07, 6.45) is -1.77. The van der Waals surface area contributed by atoms with Crippen LogP contribution in [0.3, 0.4) is 0 Å². The Morgan fingerprint density at radius 2 is 1.56 bits per heavy atom. The zero-order valence-corrected chi connectivity index (χ0v) is 10.1. The topological polar surface area (TPSA) is 20.2 Å². The number of halogens is 3. The molecule has 1 aromatic rings. The number of alkyl halides is 3. The number of benzene rings is 1. The van der Waals surface area contributed by atoms with Crippen LogP contribution in [-0.2, 0) is 0 Å². The van der Waals surface area contributed by atoms with Crippen LogP contribution in [0, 0.1) is 5.92 Å². The van der Waals surface area contributed by atoms with Crippen molar-refractivity contribution in [1.29, 1.82) is 0 Å². The summed E-state index contributed by atoms with van der Waals surface area (Å²) < 4.78 is 36.8. The molecular weight excluding hydrogens is 241 g/mol. The van der Waals surface area contributed by atoms with Gasteiger partial charge < -0.3 is 5.11 Å². The zero-order chi connectivity index (χ0) is 13.2. The molecule has 2 rings (SSSR count). The normalized spacial score (nSPS) is 25.1. The zero-order valence-electron chi connectivity index (χ0n) is 10.1. The molecule has 1 N–H and O–H groups in total. The Labute approximate surface area is 105 Å². The first kappa shape index (κ1) is 13.2. The lowest BCUT2D eigenvalue weighted by Crippen LogP contribution is -2.20. The number of rotatable bonds is 2. The van der Waals surface area contributed by atoms with Crippen LogP contribution in [0.15, 0.2) is 24.3 Å². The van der Waals surface area contributed by atoms with E-state index in [9.17, 15) is 18.3 Å². The van der Waals surface area contributed by atoms with E-state index >= 15 is 0 Å². The van der Waals surface area contributed by atoms with Crippen LogP contribution >= 0.6 is 0 Å². The van der Waals surface area contributed by atoms with Gasteiger partial charge in [0.25, 0.3) is 0 Å². The van der Waals surface area contributed by atoms with Crippen molar-refractivity contribution in [2.75, 3.05) is 0 Å². The monoisotopic (exact) mass is 258 g/mol. The van der Waals surface area contributed by atoms with E-state index in [1.807, 2.05) is 12.1 Å². The molecule has 0 atom stereocenters. The highest BCUT2D eigenvalue weighted by Gasteiger charge is 2.34. The van der Waals surface area contributed by atoms with Gasteiger partial charge in [-0.25, -0.2) is 0 Å². The van der Waals surface area contributed by atoms with Gasteiger partial charge in [-0.05, 0) is 55.2 Å². The molecule has 0 heterocycles. The van der Waals surface area contributed by atoms with Gasteiger partial charge in [0.1, 0.15) is 5.75 Å². The van der Waals surface area contributed by atoms with Gasteiger partial charge in [-0.15, -0.1) is 0 Å². The molecule has 4 heteroatoms. The smallest absolute Gasteiger partial charge is 0.389 e. The van der Waals surface area contributed by atoms with E-state index in [-0.39, 0.29) is 11.7 Å². The molecular formula is C14H17F3O. The molecule has 0 aliphatic heterocycles. The van der Waals surface area contributed by atoms with E-state index in [1.54, 1.807) is 12.1 Å². The third kappa shape index (κ3) is 3.65. The highest BCUT2D eigenvalue weighted by Crippen LogP contribution is 2.40. The summed E-state index contributed by atoms with van der Waals surface area (Å²) in [5.74, 6) is 0.359. The van der Waals surface area contributed by atoms with E-state index in [0.717, 1.165) is 18.4 Å². The lowest BCUT2D eigenvalue weighted by molar-refractivity contribution is -0.146. The van der Waals surface area contributed by atoms with Gasteiger partial charge in [-0.2, -0.15) is 13.2 Å². The molecule has 0 spiro atoms. The number of phenols is 1. The quantitative estimate of drug-likeness (QED) is 0.820. The van der Waals surface area contributed by atoms with Crippen molar-refractivity contribution in [1.82, 2.24) is 0 Å². The highest BCUT2D eigenvalue weighted by molar-refractivity contribution is 5.28. The third-order valence-corrected chi connectivity index (χ3v) is 3.73. The fraction of sp³-hybridized carbons (Fsp3) is 0.571. The summed E-state index contributed by atoms with van der Waals surface area (Å²) in [5.41, 5.74) is 1.12. The Balaban J connectivity index is 1.88. The average Bonchev–Trinajstić information content (AvgIpc) is 2.29. The lowest BCUT2D eigenvalue weighted by Gasteiger charge is -2.29. The van der Waals surface area contributed by atoms with Crippen LogP contribution in [0.1, 0.15) is 43.6 Å².